The predicted molar refractivity (Wildman–Crippen MR) is 199 cm³/mol. The fourth-order valence-corrected chi connectivity index (χ4v) is 5.13. The molecule has 16 nitrogen and oxygen atoms in total. The zero-order chi connectivity index (χ0) is 38.6. The normalized spacial score (nSPS) is 11.0. The van der Waals surface area contributed by atoms with E-state index in [1.54, 1.807) is 34.9 Å². The molecule has 0 aliphatic heterocycles. The molecule has 0 atom stereocenters. The molecule has 4 heterocycles. The number of carbonyl (C=O) groups is 3. The minimum atomic E-state index is -0.679. The minimum absolute atomic E-state index is 0. The highest BCUT2D eigenvalue weighted by atomic mass is 35.5. The van der Waals surface area contributed by atoms with E-state index < -0.39 is 35.1 Å². The lowest BCUT2D eigenvalue weighted by atomic mass is 10.2. The Morgan fingerprint density at radius 2 is 1.22 bits per heavy atom. The van der Waals surface area contributed by atoms with E-state index in [1.165, 1.54) is 58.4 Å². The maximum Gasteiger partial charge on any atom is 0.413 e. The molecule has 6 rings (SSSR count). The van der Waals surface area contributed by atoms with Crippen LogP contribution in [-0.4, -0.2) is 63.0 Å². The van der Waals surface area contributed by atoms with Crippen LogP contribution in [-0.2, 0) is 31.9 Å². The fourth-order valence-electron chi connectivity index (χ4n) is 4.72. The van der Waals surface area contributed by atoms with Gasteiger partial charge in [0.1, 0.15) is 57.8 Å². The van der Waals surface area contributed by atoms with E-state index in [0.717, 1.165) is 0 Å². The number of benzene rings is 2. The van der Waals surface area contributed by atoms with Crippen LogP contribution in [0.5, 0.6) is 0 Å². The van der Waals surface area contributed by atoms with Crippen molar-refractivity contribution in [1.29, 1.82) is 0 Å². The number of nitrogens with one attached hydrogen (secondary N) is 3. The number of hydrogen-bond acceptors (Lipinski definition) is 11. The van der Waals surface area contributed by atoms with E-state index in [4.69, 9.17) is 33.7 Å². The average Bonchev–Trinajstić information content (AvgIpc) is 3.58. The van der Waals surface area contributed by atoms with Crippen molar-refractivity contribution in [3.8, 4) is 0 Å². The van der Waals surface area contributed by atoms with E-state index in [-0.39, 0.29) is 63.8 Å². The van der Waals surface area contributed by atoms with Crippen LogP contribution in [0.25, 0.3) is 22.1 Å². The number of fused-ring (bicyclic) bond motifs is 2. The number of carbonyl (C=O) groups excluding carboxylic acids is 3. The van der Waals surface area contributed by atoms with Crippen LogP contribution < -0.4 is 21.7 Å². The van der Waals surface area contributed by atoms with Gasteiger partial charge < -0.3 is 21.1 Å². The first-order valence-corrected chi connectivity index (χ1v) is 16.3. The molecule has 0 saturated heterocycles. The molecule has 0 aliphatic rings. The monoisotopic (exact) mass is 804 g/mol. The van der Waals surface area contributed by atoms with Gasteiger partial charge in [0.2, 0.25) is 0 Å². The molecule has 284 valence electrons. The smallest absolute Gasteiger partial charge is 0.413 e. The van der Waals surface area contributed by atoms with Crippen LogP contribution in [0, 0.1) is 11.6 Å². The van der Waals surface area contributed by atoms with Crippen LogP contribution in [0.3, 0.4) is 0 Å². The van der Waals surface area contributed by atoms with Gasteiger partial charge in [0.05, 0.1) is 10.0 Å². The molecule has 54 heavy (non-hydrogen) atoms. The number of rotatable bonds is 7. The fraction of sp³-hybridized carbons (Fsp3) is 0.242. The van der Waals surface area contributed by atoms with E-state index >= 15 is 0 Å². The lowest BCUT2D eigenvalue weighted by molar-refractivity contribution is 0.0634. The number of halogens is 5. The first kappa shape index (κ1) is 41.0. The summed E-state index contributed by atoms with van der Waals surface area (Å²) >= 11 is 11.5. The minimum Gasteiger partial charge on any atom is -0.444 e. The van der Waals surface area contributed by atoms with Crippen molar-refractivity contribution in [3.05, 3.63) is 93.2 Å². The Balaban J connectivity index is 0.000000244. The van der Waals surface area contributed by atoms with Gasteiger partial charge in [0, 0.05) is 27.2 Å². The highest BCUT2D eigenvalue weighted by Crippen LogP contribution is 2.24. The molecule has 6 aromatic rings. The van der Waals surface area contributed by atoms with Crippen molar-refractivity contribution < 1.29 is 27.9 Å². The van der Waals surface area contributed by atoms with Gasteiger partial charge in [-0.05, 0) is 56.2 Å². The Morgan fingerprint density at radius 1 is 0.759 bits per heavy atom. The number of nitrogens with two attached hydrogens (primary N) is 1. The molecule has 3 amide bonds. The van der Waals surface area contributed by atoms with Crippen molar-refractivity contribution in [2.45, 2.75) is 39.5 Å². The van der Waals surface area contributed by atoms with E-state index in [2.05, 4.69) is 46.1 Å². The van der Waals surface area contributed by atoms with Gasteiger partial charge in [0.15, 0.2) is 17.2 Å². The number of aryl methyl sites for hydroxylation is 2. The Hall–Kier alpha value is -5.72. The molecule has 0 aliphatic carbocycles. The maximum atomic E-state index is 13.3. The Morgan fingerprint density at radius 3 is 1.70 bits per heavy atom. The molecule has 2 aromatic carbocycles. The van der Waals surface area contributed by atoms with Gasteiger partial charge in [-0.3, -0.25) is 19.6 Å². The summed E-state index contributed by atoms with van der Waals surface area (Å²) in [7, 11) is 3.25. The number of amides is 3. The van der Waals surface area contributed by atoms with Gasteiger partial charge in [-0.1, -0.05) is 35.3 Å². The number of nitrogen functional groups attached to an aromatic ring is 1. The lowest BCUT2D eigenvalue weighted by Gasteiger charge is -2.19. The first-order chi connectivity index (χ1) is 25.0. The summed E-state index contributed by atoms with van der Waals surface area (Å²) < 4.78 is 34.4. The predicted octanol–water partition coefficient (Wildman–Crippen LogP) is 5.52. The van der Waals surface area contributed by atoms with Crippen molar-refractivity contribution in [1.82, 2.24) is 50.1 Å². The molecular formula is C33H33Cl3F2N12O4. The van der Waals surface area contributed by atoms with Gasteiger partial charge >= 0.3 is 6.09 Å². The maximum absolute atomic E-state index is 13.3. The van der Waals surface area contributed by atoms with Crippen LogP contribution in [0.15, 0.2) is 49.1 Å². The van der Waals surface area contributed by atoms with E-state index in [9.17, 15) is 23.2 Å². The highest BCUT2D eigenvalue weighted by molar-refractivity contribution is 6.31. The third-order valence-corrected chi connectivity index (χ3v) is 7.79. The molecular weight excluding hydrogens is 773 g/mol. The second kappa shape index (κ2) is 17.0. The Labute approximate surface area is 322 Å². The van der Waals surface area contributed by atoms with Crippen molar-refractivity contribution in [2.24, 2.45) is 14.1 Å². The second-order valence-corrected chi connectivity index (χ2v) is 13.1. The quantitative estimate of drug-likeness (QED) is 0.158. The van der Waals surface area contributed by atoms with E-state index in [0.29, 0.717) is 28.0 Å². The zero-order valence-corrected chi connectivity index (χ0v) is 31.6. The van der Waals surface area contributed by atoms with Gasteiger partial charge in [-0.2, -0.15) is 10.2 Å². The van der Waals surface area contributed by atoms with Crippen molar-refractivity contribution in [2.75, 3.05) is 11.1 Å². The number of hydrogen-bond donors (Lipinski definition) is 4. The number of aromatic nitrogens is 8. The molecule has 5 N–H and O–H groups in total. The molecule has 0 spiro atoms. The number of anilines is 2. The molecule has 0 bridgehead atoms. The van der Waals surface area contributed by atoms with Crippen LogP contribution >= 0.6 is 35.6 Å². The summed E-state index contributed by atoms with van der Waals surface area (Å²) in [5.74, 6) is -1.38. The molecule has 21 heteroatoms. The largest absolute Gasteiger partial charge is 0.444 e. The SMILES string of the molecule is Cl.Cn1nc2c(C(=O)NCc3ccc(F)c(Cl)c3)ncnc2c1N.Cn1nc2c(C(=O)NCc3ccc(F)c(Cl)c3)ncnc2c1NC(=O)OC(C)(C)C. The van der Waals surface area contributed by atoms with Crippen LogP contribution in [0.4, 0.5) is 25.2 Å². The molecule has 0 radical (unpaired) electrons. The summed E-state index contributed by atoms with van der Waals surface area (Å²) in [6.45, 7) is 5.51. The molecule has 0 unspecified atom stereocenters. The Kier molecular flexibility index (Phi) is 12.9. The average molecular weight is 806 g/mol. The summed E-state index contributed by atoms with van der Waals surface area (Å²) in [5.41, 5.74) is 7.81. The summed E-state index contributed by atoms with van der Waals surface area (Å²) in [5, 5.41) is 16.3. The van der Waals surface area contributed by atoms with Crippen LogP contribution in [0.2, 0.25) is 10.0 Å². The summed E-state index contributed by atoms with van der Waals surface area (Å²) in [4.78, 5) is 53.2. The van der Waals surface area contributed by atoms with E-state index in [1.807, 2.05) is 0 Å². The second-order valence-electron chi connectivity index (χ2n) is 12.3. The summed E-state index contributed by atoms with van der Waals surface area (Å²) in [6, 6.07) is 8.39. The Bertz CT molecular complexity index is 2370. The third-order valence-electron chi connectivity index (χ3n) is 7.21. The van der Waals surface area contributed by atoms with Crippen molar-refractivity contribution in [3.63, 3.8) is 0 Å². The standard InChI is InChI=1S/C19H20ClFN6O3.C14H12ClFN6O.ClH/c1-19(2,3)30-18(29)25-16-14-13(26-27(16)4)15(24-9-23-14)17(28)22-8-10-5-6-12(21)11(20)7-10;1-22-13(17)11-10(21-22)12(20-6-19-11)14(23)18-5-7-2-3-9(16)8(15)4-7;/h5-7,9H,8H2,1-4H3,(H,22,28)(H,25,29);2-4,6H,5,17H2,1H3,(H,18,23);1H. The third kappa shape index (κ3) is 9.63. The molecule has 0 fully saturated rings. The highest BCUT2D eigenvalue weighted by Gasteiger charge is 2.23. The van der Waals surface area contributed by atoms with Gasteiger partial charge in [0.25, 0.3) is 11.8 Å². The first-order valence-electron chi connectivity index (χ1n) is 15.6. The van der Waals surface area contributed by atoms with Gasteiger partial charge in [-0.15, -0.1) is 12.4 Å². The number of nitrogens with zero attached hydrogens (tertiary/aromatic N) is 8. The summed E-state index contributed by atoms with van der Waals surface area (Å²) in [6.07, 6.45) is 1.78. The molecule has 0 saturated carbocycles. The zero-order valence-electron chi connectivity index (χ0n) is 29.2. The molecule has 4 aromatic heterocycles. The number of ether oxygens (including phenoxy) is 1. The lowest BCUT2D eigenvalue weighted by Crippen LogP contribution is -2.28. The van der Waals surface area contributed by atoms with Crippen LogP contribution in [0.1, 0.15) is 52.9 Å². The topological polar surface area (TPSA) is 210 Å². The van der Waals surface area contributed by atoms with Gasteiger partial charge in [-0.25, -0.2) is 38.2 Å². The van der Waals surface area contributed by atoms with Crippen molar-refractivity contribution >= 4 is 87.2 Å².